The molecular weight excluding hydrogens is 224 g/mol. The normalized spacial score (nSPS) is 10.9. The Morgan fingerprint density at radius 2 is 2.06 bits per heavy atom. The Bertz CT molecular complexity index is 686. The van der Waals surface area contributed by atoms with Gasteiger partial charge in [0, 0.05) is 6.20 Å². The van der Waals surface area contributed by atoms with Crippen LogP contribution in [0, 0.1) is 6.92 Å². The van der Waals surface area contributed by atoms with Crippen LogP contribution in [0.25, 0.3) is 11.0 Å². The fourth-order valence-corrected chi connectivity index (χ4v) is 2.20. The summed E-state index contributed by atoms with van der Waals surface area (Å²) in [5.74, 6) is 0.532. The number of nitrogens with two attached hydrogens (primary N) is 1. The molecule has 0 saturated carbocycles. The van der Waals surface area contributed by atoms with E-state index in [0.29, 0.717) is 12.5 Å². The van der Waals surface area contributed by atoms with Gasteiger partial charge < -0.3 is 10.3 Å². The van der Waals surface area contributed by atoms with Crippen molar-refractivity contribution in [2.24, 2.45) is 0 Å². The minimum Gasteiger partial charge on any atom is -0.369 e. The number of imidazole rings is 1. The number of nitrogens with zero attached hydrogens (tertiary/aromatic N) is 3. The molecule has 4 heteroatoms. The summed E-state index contributed by atoms with van der Waals surface area (Å²) in [6.07, 6.45) is 1.79. The van der Waals surface area contributed by atoms with Gasteiger partial charge in [0.15, 0.2) is 0 Å². The Kier molecular flexibility index (Phi) is 2.48. The fourth-order valence-electron chi connectivity index (χ4n) is 2.20. The van der Waals surface area contributed by atoms with Crippen LogP contribution in [0.1, 0.15) is 11.3 Å². The number of aryl methyl sites for hydroxylation is 1. The average molecular weight is 238 g/mol. The molecule has 90 valence electrons. The molecule has 0 bridgehead atoms. The highest BCUT2D eigenvalue weighted by molar-refractivity contribution is 5.81. The minimum atomic E-state index is 0.532. The first-order valence-corrected chi connectivity index (χ1v) is 5.87. The van der Waals surface area contributed by atoms with Crippen LogP contribution in [0.5, 0.6) is 0 Å². The molecule has 0 aliphatic rings. The molecule has 2 N–H and O–H groups in total. The Morgan fingerprint density at radius 1 is 1.17 bits per heavy atom. The van der Waals surface area contributed by atoms with Crippen LogP contribution in [-0.4, -0.2) is 14.5 Å². The standard InChI is InChI=1S/C14H14N4/c1-10-5-4-7-12-13(10)18(14(15)17-12)9-11-6-2-3-8-16-11/h2-8H,9H2,1H3,(H2,15,17). The van der Waals surface area contributed by atoms with Gasteiger partial charge in [0.2, 0.25) is 5.95 Å². The van der Waals surface area contributed by atoms with Crippen LogP contribution in [0.15, 0.2) is 42.6 Å². The second kappa shape index (κ2) is 4.14. The van der Waals surface area contributed by atoms with E-state index in [2.05, 4.69) is 23.0 Å². The van der Waals surface area contributed by atoms with E-state index in [-0.39, 0.29) is 0 Å². The number of aromatic nitrogens is 3. The van der Waals surface area contributed by atoms with Crippen molar-refractivity contribution in [1.29, 1.82) is 0 Å². The lowest BCUT2D eigenvalue weighted by Crippen LogP contribution is -2.06. The summed E-state index contributed by atoms with van der Waals surface area (Å²) < 4.78 is 2.01. The van der Waals surface area contributed by atoms with Gasteiger partial charge in [-0.1, -0.05) is 18.2 Å². The van der Waals surface area contributed by atoms with E-state index in [1.54, 1.807) is 6.20 Å². The van der Waals surface area contributed by atoms with Crippen molar-refractivity contribution in [2.75, 3.05) is 5.73 Å². The zero-order valence-electron chi connectivity index (χ0n) is 10.2. The Morgan fingerprint density at radius 3 is 2.83 bits per heavy atom. The van der Waals surface area contributed by atoms with Crippen molar-refractivity contribution in [3.05, 3.63) is 53.9 Å². The van der Waals surface area contributed by atoms with Gasteiger partial charge in [0.1, 0.15) is 0 Å². The van der Waals surface area contributed by atoms with Crippen molar-refractivity contribution >= 4 is 17.0 Å². The van der Waals surface area contributed by atoms with Gasteiger partial charge in [-0.3, -0.25) is 4.98 Å². The minimum absolute atomic E-state index is 0.532. The molecular formula is C14H14N4. The SMILES string of the molecule is Cc1cccc2nc(N)n(Cc3ccccn3)c12. The fraction of sp³-hybridized carbons (Fsp3) is 0.143. The second-order valence-electron chi connectivity index (χ2n) is 4.32. The van der Waals surface area contributed by atoms with Crippen LogP contribution < -0.4 is 5.73 Å². The van der Waals surface area contributed by atoms with Crippen LogP contribution >= 0.6 is 0 Å². The van der Waals surface area contributed by atoms with Gasteiger partial charge in [0.25, 0.3) is 0 Å². The highest BCUT2D eigenvalue weighted by Crippen LogP contribution is 2.22. The van der Waals surface area contributed by atoms with E-state index in [1.165, 1.54) is 5.56 Å². The molecule has 18 heavy (non-hydrogen) atoms. The van der Waals surface area contributed by atoms with Crippen LogP contribution in [0.3, 0.4) is 0 Å². The van der Waals surface area contributed by atoms with Crippen molar-refractivity contribution in [3.8, 4) is 0 Å². The van der Waals surface area contributed by atoms with Gasteiger partial charge in [-0.05, 0) is 30.7 Å². The molecule has 2 heterocycles. The van der Waals surface area contributed by atoms with Crippen molar-refractivity contribution in [2.45, 2.75) is 13.5 Å². The maximum atomic E-state index is 5.99. The number of hydrogen-bond acceptors (Lipinski definition) is 3. The third-order valence-corrected chi connectivity index (χ3v) is 3.04. The summed E-state index contributed by atoms with van der Waals surface area (Å²) in [7, 11) is 0. The first-order valence-electron chi connectivity index (χ1n) is 5.87. The quantitative estimate of drug-likeness (QED) is 0.745. The maximum Gasteiger partial charge on any atom is 0.201 e. The summed E-state index contributed by atoms with van der Waals surface area (Å²) >= 11 is 0. The zero-order valence-corrected chi connectivity index (χ0v) is 10.2. The van der Waals surface area contributed by atoms with Gasteiger partial charge >= 0.3 is 0 Å². The largest absolute Gasteiger partial charge is 0.369 e. The Hall–Kier alpha value is -2.36. The van der Waals surface area contributed by atoms with E-state index in [1.807, 2.05) is 34.9 Å². The Labute approximate surface area is 105 Å². The molecule has 4 nitrogen and oxygen atoms in total. The van der Waals surface area contributed by atoms with E-state index < -0.39 is 0 Å². The van der Waals surface area contributed by atoms with E-state index in [9.17, 15) is 0 Å². The average Bonchev–Trinajstić information content (AvgIpc) is 2.69. The highest BCUT2D eigenvalue weighted by atomic mass is 15.2. The summed E-state index contributed by atoms with van der Waals surface area (Å²) in [6.45, 7) is 2.71. The number of anilines is 1. The molecule has 0 aliphatic carbocycles. The van der Waals surface area contributed by atoms with Crippen LogP contribution in [0.2, 0.25) is 0 Å². The van der Waals surface area contributed by atoms with Gasteiger partial charge in [-0.2, -0.15) is 0 Å². The number of benzene rings is 1. The molecule has 1 aromatic carbocycles. The monoisotopic (exact) mass is 238 g/mol. The van der Waals surface area contributed by atoms with Crippen LogP contribution in [-0.2, 0) is 6.54 Å². The molecule has 0 saturated heterocycles. The summed E-state index contributed by atoms with van der Waals surface area (Å²) in [6, 6.07) is 11.9. The van der Waals surface area contributed by atoms with Crippen molar-refractivity contribution in [1.82, 2.24) is 14.5 Å². The van der Waals surface area contributed by atoms with E-state index in [0.717, 1.165) is 16.7 Å². The Balaban J connectivity index is 2.14. The van der Waals surface area contributed by atoms with Gasteiger partial charge in [-0.25, -0.2) is 4.98 Å². The molecule has 0 radical (unpaired) electrons. The first kappa shape index (κ1) is 10.8. The molecule has 2 aromatic heterocycles. The summed E-state index contributed by atoms with van der Waals surface area (Å²) in [5.41, 5.74) is 10.2. The first-order chi connectivity index (χ1) is 8.75. The number of rotatable bonds is 2. The number of hydrogen-bond donors (Lipinski definition) is 1. The third-order valence-electron chi connectivity index (χ3n) is 3.04. The molecule has 0 unspecified atom stereocenters. The lowest BCUT2D eigenvalue weighted by molar-refractivity contribution is 0.807. The second-order valence-corrected chi connectivity index (χ2v) is 4.32. The van der Waals surface area contributed by atoms with Gasteiger partial charge in [0.05, 0.1) is 23.3 Å². The number of pyridine rings is 1. The molecule has 3 rings (SSSR count). The van der Waals surface area contributed by atoms with Crippen molar-refractivity contribution < 1.29 is 0 Å². The summed E-state index contributed by atoms with van der Waals surface area (Å²) in [4.78, 5) is 8.71. The molecule has 0 spiro atoms. The van der Waals surface area contributed by atoms with Crippen LogP contribution in [0.4, 0.5) is 5.95 Å². The number of para-hydroxylation sites is 1. The molecule has 0 amide bonds. The maximum absolute atomic E-state index is 5.99. The predicted molar refractivity (Wildman–Crippen MR) is 72.2 cm³/mol. The molecule has 0 aliphatic heterocycles. The van der Waals surface area contributed by atoms with Crippen molar-refractivity contribution in [3.63, 3.8) is 0 Å². The molecule has 0 fully saturated rings. The zero-order chi connectivity index (χ0) is 12.5. The van der Waals surface area contributed by atoms with E-state index in [4.69, 9.17) is 5.73 Å². The topological polar surface area (TPSA) is 56.7 Å². The smallest absolute Gasteiger partial charge is 0.201 e. The number of fused-ring (bicyclic) bond motifs is 1. The third kappa shape index (κ3) is 1.72. The molecule has 0 atom stereocenters. The number of nitrogen functional groups attached to an aromatic ring is 1. The van der Waals surface area contributed by atoms with Gasteiger partial charge in [-0.15, -0.1) is 0 Å². The van der Waals surface area contributed by atoms with E-state index >= 15 is 0 Å². The molecule has 3 aromatic rings. The summed E-state index contributed by atoms with van der Waals surface area (Å²) in [5, 5.41) is 0. The predicted octanol–water partition coefficient (Wildman–Crippen LogP) is 2.37. The lowest BCUT2D eigenvalue weighted by atomic mass is 10.2. The highest BCUT2D eigenvalue weighted by Gasteiger charge is 2.10. The lowest BCUT2D eigenvalue weighted by Gasteiger charge is -2.07.